The van der Waals surface area contributed by atoms with Gasteiger partial charge in [-0.3, -0.25) is 0 Å². The van der Waals surface area contributed by atoms with Gasteiger partial charge in [-0.25, -0.2) is 25.9 Å². The number of nitrogens with two attached hydrogens (primary N) is 1. The average molecular weight is 563 g/mol. The Bertz CT molecular complexity index is 1900. The molecule has 39 heavy (non-hydrogen) atoms. The molecule has 10 heteroatoms. The van der Waals surface area contributed by atoms with Crippen LogP contribution in [0.1, 0.15) is 5.56 Å². The zero-order valence-electron chi connectivity index (χ0n) is 21.5. The van der Waals surface area contributed by atoms with Crippen molar-refractivity contribution in [3.8, 4) is 33.8 Å². The largest absolute Gasteiger partial charge is 0.493 e. The first kappa shape index (κ1) is 26.5. The van der Waals surface area contributed by atoms with Crippen LogP contribution in [0.2, 0.25) is 0 Å². The molecule has 0 fully saturated rings. The lowest BCUT2D eigenvalue weighted by molar-refractivity contribution is 0.357. The molecule has 5 rings (SSSR count). The van der Waals surface area contributed by atoms with Crippen LogP contribution in [0.3, 0.4) is 0 Å². The van der Waals surface area contributed by atoms with E-state index in [1.165, 1.54) is 39.3 Å². The molecule has 0 aliphatic heterocycles. The highest BCUT2D eigenvalue weighted by atomic mass is 32.2. The number of aryl methyl sites for hydroxylation is 1. The Morgan fingerprint density at radius 1 is 0.718 bits per heavy atom. The van der Waals surface area contributed by atoms with E-state index in [1.807, 2.05) is 54.6 Å². The molecule has 1 aromatic heterocycles. The number of benzene rings is 4. The Morgan fingerprint density at radius 3 is 1.79 bits per heavy atom. The third-order valence-electron chi connectivity index (χ3n) is 6.58. The Kier molecular flexibility index (Phi) is 6.71. The quantitative estimate of drug-likeness (QED) is 0.292. The predicted molar refractivity (Wildman–Crippen MR) is 151 cm³/mol. The molecule has 0 saturated heterocycles. The van der Waals surface area contributed by atoms with E-state index in [-0.39, 0.29) is 21.7 Å². The normalized spacial score (nSPS) is 12.0. The molecule has 0 aliphatic carbocycles. The van der Waals surface area contributed by atoms with E-state index < -0.39 is 25.1 Å². The van der Waals surface area contributed by atoms with Crippen LogP contribution >= 0.6 is 0 Å². The Balaban J connectivity index is 1.90. The number of nitrogens with zero attached hydrogens (tertiary/aromatic N) is 1. The second-order valence-corrected chi connectivity index (χ2v) is 12.1. The standard InChI is InChI=1S/C29H26N2O6S2/c1-19-26-24(31(29(19)38(30,32)33)39(34,35)23-12-8-5-9-13-23)18-25(36-2)28(37-3)27(26)22-16-14-21(15-17-22)20-10-6-4-7-11-20/h4-18H,1-3H3,(H2,30,32,33). The molecule has 0 radical (unpaired) electrons. The molecule has 0 amide bonds. The number of sulfonamides is 1. The number of hydrogen-bond donors (Lipinski definition) is 1. The van der Waals surface area contributed by atoms with Gasteiger partial charge >= 0.3 is 0 Å². The molecule has 0 saturated carbocycles. The van der Waals surface area contributed by atoms with Crippen LogP contribution in [0.4, 0.5) is 0 Å². The van der Waals surface area contributed by atoms with Crippen LogP contribution in [-0.2, 0) is 20.0 Å². The Hall–Kier alpha value is -4.12. The van der Waals surface area contributed by atoms with E-state index in [4.69, 9.17) is 14.6 Å². The van der Waals surface area contributed by atoms with Crippen molar-refractivity contribution in [1.82, 2.24) is 3.97 Å². The summed E-state index contributed by atoms with van der Waals surface area (Å²) in [6.45, 7) is 1.53. The summed E-state index contributed by atoms with van der Waals surface area (Å²) in [5, 5.41) is 5.47. The minimum Gasteiger partial charge on any atom is -0.493 e. The number of hydrogen-bond acceptors (Lipinski definition) is 6. The van der Waals surface area contributed by atoms with Gasteiger partial charge in [0.1, 0.15) is 0 Å². The number of rotatable bonds is 7. The van der Waals surface area contributed by atoms with Crippen LogP contribution in [0, 0.1) is 6.92 Å². The van der Waals surface area contributed by atoms with Crippen molar-refractivity contribution in [3.05, 3.63) is 96.6 Å². The minimum absolute atomic E-state index is 0.0876. The SMILES string of the molecule is COc1cc2c(c(C)c(S(N)(=O)=O)n2S(=O)(=O)c2ccccc2)c(-c2ccc(-c3ccccc3)cc2)c1OC. The van der Waals surface area contributed by atoms with Crippen molar-refractivity contribution in [1.29, 1.82) is 0 Å². The summed E-state index contributed by atoms with van der Waals surface area (Å²) >= 11 is 0. The molecule has 8 nitrogen and oxygen atoms in total. The molecule has 5 aromatic rings. The number of methoxy groups -OCH3 is 2. The average Bonchev–Trinajstić information content (AvgIpc) is 3.26. The van der Waals surface area contributed by atoms with Crippen LogP contribution < -0.4 is 14.6 Å². The number of fused-ring (bicyclic) bond motifs is 1. The minimum atomic E-state index is -4.50. The lowest BCUT2D eigenvalue weighted by atomic mass is 9.95. The van der Waals surface area contributed by atoms with E-state index in [0.29, 0.717) is 22.3 Å². The van der Waals surface area contributed by atoms with E-state index in [9.17, 15) is 16.8 Å². The summed E-state index contributed by atoms with van der Waals surface area (Å²) < 4.78 is 65.7. The number of ether oxygens (including phenoxy) is 2. The highest BCUT2D eigenvalue weighted by Gasteiger charge is 2.34. The van der Waals surface area contributed by atoms with Crippen molar-refractivity contribution in [2.75, 3.05) is 14.2 Å². The highest BCUT2D eigenvalue weighted by molar-refractivity contribution is 7.92. The maximum Gasteiger partial charge on any atom is 0.269 e. The Labute approximate surface area is 227 Å². The van der Waals surface area contributed by atoms with E-state index in [1.54, 1.807) is 18.2 Å². The number of primary sulfonamides is 1. The molecular weight excluding hydrogens is 536 g/mol. The second kappa shape index (κ2) is 9.88. The molecule has 0 aliphatic rings. The fraction of sp³-hybridized carbons (Fsp3) is 0.103. The maximum atomic E-state index is 13.9. The fourth-order valence-electron chi connectivity index (χ4n) is 4.89. The molecule has 200 valence electrons. The van der Waals surface area contributed by atoms with Gasteiger partial charge in [0.15, 0.2) is 16.5 Å². The van der Waals surface area contributed by atoms with Crippen molar-refractivity contribution < 1.29 is 26.3 Å². The molecule has 0 atom stereocenters. The summed E-state index contributed by atoms with van der Waals surface area (Å²) in [6, 6.07) is 26.5. The van der Waals surface area contributed by atoms with Gasteiger partial charge < -0.3 is 9.47 Å². The third kappa shape index (κ3) is 4.46. The van der Waals surface area contributed by atoms with Gasteiger partial charge in [0.05, 0.1) is 24.6 Å². The third-order valence-corrected chi connectivity index (χ3v) is 9.45. The van der Waals surface area contributed by atoms with Crippen LogP contribution in [0.5, 0.6) is 11.5 Å². The van der Waals surface area contributed by atoms with E-state index >= 15 is 0 Å². The van der Waals surface area contributed by atoms with Gasteiger partial charge in [-0.05, 0) is 41.3 Å². The fourth-order valence-corrected chi connectivity index (χ4v) is 7.82. The molecule has 0 unspecified atom stereocenters. The van der Waals surface area contributed by atoms with E-state index in [0.717, 1.165) is 15.1 Å². The van der Waals surface area contributed by atoms with Crippen LogP contribution in [0.15, 0.2) is 101 Å². The summed E-state index contributed by atoms with van der Waals surface area (Å²) in [5.41, 5.74) is 3.43. The van der Waals surface area contributed by atoms with E-state index in [2.05, 4.69) is 0 Å². The van der Waals surface area contributed by atoms with Gasteiger partial charge in [-0.2, -0.15) is 0 Å². The van der Waals surface area contributed by atoms with Gasteiger partial charge in [-0.1, -0.05) is 72.8 Å². The summed E-state index contributed by atoms with van der Waals surface area (Å²) in [5.74, 6) is 0.561. The molecule has 2 N–H and O–H groups in total. The molecule has 0 spiro atoms. The Morgan fingerprint density at radius 2 is 1.26 bits per heavy atom. The molecule has 0 bridgehead atoms. The summed E-state index contributed by atoms with van der Waals surface area (Å²) in [6.07, 6.45) is 0. The predicted octanol–water partition coefficient (Wildman–Crippen LogP) is 5.19. The highest BCUT2D eigenvalue weighted by Crippen LogP contribution is 2.48. The zero-order chi connectivity index (χ0) is 27.9. The topological polar surface area (TPSA) is 118 Å². The van der Waals surface area contributed by atoms with Crippen LogP contribution in [-0.4, -0.2) is 35.0 Å². The maximum absolute atomic E-state index is 13.9. The first-order chi connectivity index (χ1) is 18.6. The smallest absolute Gasteiger partial charge is 0.269 e. The first-order valence-electron chi connectivity index (χ1n) is 11.9. The van der Waals surface area contributed by atoms with Gasteiger partial charge in [0.25, 0.3) is 20.0 Å². The molecule has 1 heterocycles. The first-order valence-corrected chi connectivity index (χ1v) is 14.9. The second-order valence-electron chi connectivity index (χ2n) is 8.88. The van der Waals surface area contributed by atoms with Crippen molar-refractivity contribution in [2.24, 2.45) is 5.14 Å². The number of aromatic nitrogens is 1. The summed E-state index contributed by atoms with van der Waals surface area (Å²) in [4.78, 5) is -0.0876. The molecule has 4 aromatic carbocycles. The summed E-state index contributed by atoms with van der Waals surface area (Å²) in [7, 11) is -5.98. The monoisotopic (exact) mass is 562 g/mol. The van der Waals surface area contributed by atoms with Gasteiger partial charge in [-0.15, -0.1) is 0 Å². The van der Waals surface area contributed by atoms with Gasteiger partial charge in [0, 0.05) is 17.0 Å². The lowest BCUT2D eigenvalue weighted by Gasteiger charge is -2.17. The van der Waals surface area contributed by atoms with Crippen molar-refractivity contribution in [2.45, 2.75) is 16.8 Å². The van der Waals surface area contributed by atoms with Crippen molar-refractivity contribution >= 4 is 30.9 Å². The van der Waals surface area contributed by atoms with Crippen molar-refractivity contribution in [3.63, 3.8) is 0 Å². The lowest BCUT2D eigenvalue weighted by Crippen LogP contribution is -2.23. The molecular formula is C29H26N2O6S2. The zero-order valence-corrected chi connectivity index (χ0v) is 23.1. The van der Waals surface area contributed by atoms with Crippen LogP contribution in [0.25, 0.3) is 33.2 Å². The van der Waals surface area contributed by atoms with Gasteiger partial charge in [0.2, 0.25) is 0 Å².